The lowest BCUT2D eigenvalue weighted by Crippen LogP contribution is -2.47. The van der Waals surface area contributed by atoms with Gasteiger partial charge in [-0.05, 0) is 18.9 Å². The third kappa shape index (κ3) is 2.64. The summed E-state index contributed by atoms with van der Waals surface area (Å²) in [5.74, 6) is 0.323. The highest BCUT2D eigenvalue weighted by molar-refractivity contribution is 5.79. The molecule has 1 aromatic heterocycles. The molecule has 6 nitrogen and oxygen atoms in total. The Kier molecular flexibility index (Phi) is 3.79. The Morgan fingerprint density at radius 3 is 2.89 bits per heavy atom. The summed E-state index contributed by atoms with van der Waals surface area (Å²) < 4.78 is 10.8. The number of rotatable bonds is 2. The molecule has 2 aliphatic rings. The first kappa shape index (κ1) is 12.6. The minimum atomic E-state index is -0.0356. The standard InChI is InChI=1S/C13H19N3O3/c17-13(10-2-6-18-7-3-10)16-5-8-19-9-12(16)11-1-4-14-15-11/h1,4,10,12H,2-3,5-9H2,(H,14,15). The molecular formula is C13H19N3O3. The minimum absolute atomic E-state index is 0.0356. The summed E-state index contributed by atoms with van der Waals surface area (Å²) in [6.45, 7) is 3.18. The molecule has 0 spiro atoms. The Morgan fingerprint density at radius 1 is 1.32 bits per heavy atom. The molecule has 104 valence electrons. The van der Waals surface area contributed by atoms with Gasteiger partial charge in [-0.1, -0.05) is 0 Å². The van der Waals surface area contributed by atoms with Crippen LogP contribution in [-0.2, 0) is 14.3 Å². The molecule has 3 rings (SSSR count). The quantitative estimate of drug-likeness (QED) is 0.856. The SMILES string of the molecule is O=C(C1CCOCC1)N1CCOCC1c1ccn[nH]1. The molecule has 0 radical (unpaired) electrons. The van der Waals surface area contributed by atoms with Crippen molar-refractivity contribution in [2.75, 3.05) is 33.0 Å². The second-order valence-corrected chi connectivity index (χ2v) is 5.02. The lowest BCUT2D eigenvalue weighted by Gasteiger charge is -2.37. The average Bonchev–Trinajstić information content (AvgIpc) is 3.01. The maximum absolute atomic E-state index is 12.6. The zero-order valence-corrected chi connectivity index (χ0v) is 10.9. The number of hydrogen-bond acceptors (Lipinski definition) is 4. The van der Waals surface area contributed by atoms with Gasteiger partial charge in [0.05, 0.1) is 24.9 Å². The number of amides is 1. The van der Waals surface area contributed by atoms with E-state index in [0.29, 0.717) is 33.0 Å². The van der Waals surface area contributed by atoms with Gasteiger partial charge in [-0.3, -0.25) is 9.89 Å². The van der Waals surface area contributed by atoms with Crippen LogP contribution in [0.5, 0.6) is 0 Å². The Balaban J connectivity index is 1.74. The highest BCUT2D eigenvalue weighted by Crippen LogP contribution is 2.27. The van der Waals surface area contributed by atoms with Crippen LogP contribution < -0.4 is 0 Å². The summed E-state index contributed by atoms with van der Waals surface area (Å²) in [6, 6.07) is 1.87. The fourth-order valence-electron chi connectivity index (χ4n) is 2.76. The molecule has 0 bridgehead atoms. The van der Waals surface area contributed by atoms with Crippen LogP contribution in [0.1, 0.15) is 24.6 Å². The summed E-state index contributed by atoms with van der Waals surface area (Å²) >= 11 is 0. The Hall–Kier alpha value is -1.40. The van der Waals surface area contributed by atoms with Crippen LogP contribution in [0.4, 0.5) is 0 Å². The second kappa shape index (κ2) is 5.71. The predicted octanol–water partition coefficient (Wildman–Crippen LogP) is 0.736. The first-order valence-corrected chi connectivity index (χ1v) is 6.81. The summed E-state index contributed by atoms with van der Waals surface area (Å²) in [4.78, 5) is 14.6. The number of aromatic nitrogens is 2. The van der Waals surface area contributed by atoms with Crippen molar-refractivity contribution < 1.29 is 14.3 Å². The number of carbonyl (C=O) groups excluding carboxylic acids is 1. The summed E-state index contributed by atoms with van der Waals surface area (Å²) in [6.07, 6.45) is 3.36. The van der Waals surface area contributed by atoms with E-state index in [1.165, 1.54) is 0 Å². The molecule has 2 aliphatic heterocycles. The van der Waals surface area contributed by atoms with Gasteiger partial charge in [0.15, 0.2) is 0 Å². The van der Waals surface area contributed by atoms with Crippen molar-refractivity contribution in [1.82, 2.24) is 15.1 Å². The largest absolute Gasteiger partial charge is 0.381 e. The van der Waals surface area contributed by atoms with Crippen LogP contribution in [0.2, 0.25) is 0 Å². The number of carbonyl (C=O) groups is 1. The fraction of sp³-hybridized carbons (Fsp3) is 0.692. The average molecular weight is 265 g/mol. The number of H-pyrrole nitrogens is 1. The molecule has 19 heavy (non-hydrogen) atoms. The summed E-state index contributed by atoms with van der Waals surface area (Å²) in [5, 5.41) is 6.91. The van der Waals surface area contributed by atoms with E-state index in [2.05, 4.69) is 10.2 Å². The van der Waals surface area contributed by atoms with Gasteiger partial charge in [0.2, 0.25) is 5.91 Å². The van der Waals surface area contributed by atoms with E-state index < -0.39 is 0 Å². The molecule has 2 fully saturated rings. The van der Waals surface area contributed by atoms with Gasteiger partial charge in [-0.2, -0.15) is 5.10 Å². The van der Waals surface area contributed by atoms with E-state index in [0.717, 1.165) is 18.5 Å². The smallest absolute Gasteiger partial charge is 0.226 e. The molecule has 0 saturated carbocycles. The molecular weight excluding hydrogens is 246 g/mol. The van der Waals surface area contributed by atoms with Gasteiger partial charge >= 0.3 is 0 Å². The number of morpholine rings is 1. The minimum Gasteiger partial charge on any atom is -0.381 e. The molecule has 3 heterocycles. The zero-order chi connectivity index (χ0) is 13.1. The molecule has 6 heteroatoms. The molecule has 1 atom stereocenters. The van der Waals surface area contributed by atoms with Crippen molar-refractivity contribution in [3.63, 3.8) is 0 Å². The van der Waals surface area contributed by atoms with Gasteiger partial charge in [0.1, 0.15) is 0 Å². The monoisotopic (exact) mass is 265 g/mol. The van der Waals surface area contributed by atoms with E-state index in [1.54, 1.807) is 6.20 Å². The van der Waals surface area contributed by atoms with Crippen molar-refractivity contribution in [3.8, 4) is 0 Å². The first-order chi connectivity index (χ1) is 9.36. The van der Waals surface area contributed by atoms with E-state index in [4.69, 9.17) is 9.47 Å². The van der Waals surface area contributed by atoms with Gasteiger partial charge in [0, 0.05) is 31.9 Å². The summed E-state index contributed by atoms with van der Waals surface area (Å²) in [5.41, 5.74) is 0.945. The normalized spacial score (nSPS) is 25.5. The molecule has 1 amide bonds. The lowest BCUT2D eigenvalue weighted by molar-refractivity contribution is -0.147. The van der Waals surface area contributed by atoms with Crippen LogP contribution in [0.25, 0.3) is 0 Å². The lowest BCUT2D eigenvalue weighted by atomic mass is 9.97. The number of nitrogens with zero attached hydrogens (tertiary/aromatic N) is 2. The fourth-order valence-corrected chi connectivity index (χ4v) is 2.76. The highest BCUT2D eigenvalue weighted by atomic mass is 16.5. The predicted molar refractivity (Wildman–Crippen MR) is 67.4 cm³/mol. The first-order valence-electron chi connectivity index (χ1n) is 6.81. The molecule has 0 aliphatic carbocycles. The molecule has 0 aromatic carbocycles. The van der Waals surface area contributed by atoms with Crippen LogP contribution in [0.15, 0.2) is 12.3 Å². The third-order valence-electron chi connectivity index (χ3n) is 3.86. The Labute approximate surface area is 112 Å². The number of hydrogen-bond donors (Lipinski definition) is 1. The molecule has 1 N–H and O–H groups in total. The van der Waals surface area contributed by atoms with Gasteiger partial charge in [0.25, 0.3) is 0 Å². The van der Waals surface area contributed by atoms with E-state index in [1.807, 2.05) is 11.0 Å². The van der Waals surface area contributed by atoms with Crippen molar-refractivity contribution in [3.05, 3.63) is 18.0 Å². The zero-order valence-electron chi connectivity index (χ0n) is 10.9. The second-order valence-electron chi connectivity index (χ2n) is 5.02. The van der Waals surface area contributed by atoms with Crippen molar-refractivity contribution in [2.24, 2.45) is 5.92 Å². The maximum Gasteiger partial charge on any atom is 0.226 e. The number of ether oxygens (including phenoxy) is 2. The number of nitrogens with one attached hydrogen (secondary N) is 1. The Bertz CT molecular complexity index is 415. The van der Waals surface area contributed by atoms with Crippen molar-refractivity contribution >= 4 is 5.91 Å². The molecule has 1 aromatic rings. The Morgan fingerprint density at radius 2 is 2.16 bits per heavy atom. The topological polar surface area (TPSA) is 67.4 Å². The van der Waals surface area contributed by atoms with Gasteiger partial charge in [-0.25, -0.2) is 0 Å². The van der Waals surface area contributed by atoms with E-state index in [9.17, 15) is 4.79 Å². The van der Waals surface area contributed by atoms with Crippen LogP contribution >= 0.6 is 0 Å². The highest BCUT2D eigenvalue weighted by Gasteiger charge is 2.34. The van der Waals surface area contributed by atoms with Crippen molar-refractivity contribution in [2.45, 2.75) is 18.9 Å². The van der Waals surface area contributed by atoms with E-state index >= 15 is 0 Å². The van der Waals surface area contributed by atoms with Gasteiger partial charge in [-0.15, -0.1) is 0 Å². The molecule has 1 unspecified atom stereocenters. The maximum atomic E-state index is 12.6. The van der Waals surface area contributed by atoms with Crippen LogP contribution in [0, 0.1) is 5.92 Å². The molecule has 2 saturated heterocycles. The summed E-state index contributed by atoms with van der Waals surface area (Å²) in [7, 11) is 0. The van der Waals surface area contributed by atoms with E-state index in [-0.39, 0.29) is 17.9 Å². The van der Waals surface area contributed by atoms with Crippen LogP contribution in [0.3, 0.4) is 0 Å². The third-order valence-corrected chi connectivity index (χ3v) is 3.86. The number of aromatic amines is 1. The van der Waals surface area contributed by atoms with Crippen LogP contribution in [-0.4, -0.2) is 54.0 Å². The van der Waals surface area contributed by atoms with Crippen molar-refractivity contribution in [1.29, 1.82) is 0 Å². The van der Waals surface area contributed by atoms with Gasteiger partial charge < -0.3 is 14.4 Å².